The van der Waals surface area contributed by atoms with E-state index in [1.54, 1.807) is 0 Å². The Kier molecular flexibility index (Phi) is 15.2. The van der Waals surface area contributed by atoms with Crippen LogP contribution in [0.3, 0.4) is 0 Å². The van der Waals surface area contributed by atoms with Crippen molar-refractivity contribution in [3.8, 4) is 0 Å². The van der Waals surface area contributed by atoms with Gasteiger partial charge in [0, 0.05) is 0 Å². The molecule has 0 unspecified atom stereocenters. The zero-order valence-corrected chi connectivity index (χ0v) is 16.3. The fraction of sp³-hybridized carbons (Fsp3) is 1.00. The zero-order valence-electron chi connectivity index (χ0n) is 13.2. The van der Waals surface area contributed by atoms with E-state index in [0.29, 0.717) is 0 Å². The van der Waals surface area contributed by atoms with Crippen LogP contribution in [0.15, 0.2) is 0 Å². The molecule has 0 aromatic carbocycles. The molecule has 5 heteroatoms. The molecule has 0 aliphatic carbocycles. The summed E-state index contributed by atoms with van der Waals surface area (Å²) in [7, 11) is 0. The van der Waals surface area contributed by atoms with Crippen LogP contribution in [0, 0.1) is 0 Å². The van der Waals surface area contributed by atoms with Gasteiger partial charge in [0.2, 0.25) is 0 Å². The molecule has 0 heterocycles. The third-order valence-corrected chi connectivity index (χ3v) is 7.57. The Hall–Kier alpha value is 1.41. The van der Waals surface area contributed by atoms with Gasteiger partial charge < -0.3 is 11.7 Å². The molecule has 0 amide bonds. The topological polar surface area (TPSA) is 9.72 Å². The van der Waals surface area contributed by atoms with Crippen molar-refractivity contribution in [1.29, 1.82) is 0 Å². The van der Waals surface area contributed by atoms with Crippen molar-refractivity contribution in [2.24, 2.45) is 0 Å². The number of hydrogen-bond acceptors (Lipinski definition) is 3. The molecule has 0 atom stereocenters. The van der Waals surface area contributed by atoms with Crippen LogP contribution >= 0.6 is 0 Å². The molecular weight excluding hydrogens is 236 g/mol. The number of nitrogens with zero attached hydrogens (tertiary/aromatic N) is 3. The summed E-state index contributed by atoms with van der Waals surface area (Å²) in [4.78, 5) is 0. The van der Waals surface area contributed by atoms with Gasteiger partial charge in [0.1, 0.15) is 0 Å². The molecular formula is C12H30AlN3Na+. The molecule has 0 aliphatic rings. The third kappa shape index (κ3) is 6.40. The number of rotatable bonds is 9. The first-order valence-corrected chi connectivity index (χ1v) is 8.46. The van der Waals surface area contributed by atoms with Crippen LogP contribution in [0.1, 0.15) is 41.5 Å². The maximum atomic E-state index is 2.68. The Labute approximate surface area is 136 Å². The monoisotopic (exact) mass is 266 g/mol. The van der Waals surface area contributed by atoms with Crippen LogP contribution in [-0.4, -0.2) is 65.7 Å². The van der Waals surface area contributed by atoms with Crippen LogP contribution in [-0.2, 0) is 0 Å². The summed E-state index contributed by atoms with van der Waals surface area (Å²) in [6.45, 7) is 20.8. The standard InChI is InChI=1S/3C4H10N.Al.Na/c3*1-3-5-4-2;;/h3*3-4H2,1-2H3;;/q3*-1;+3;+1. The van der Waals surface area contributed by atoms with Gasteiger partial charge >= 0.3 is 44.4 Å². The van der Waals surface area contributed by atoms with Crippen molar-refractivity contribution in [2.75, 3.05) is 39.3 Å². The molecule has 0 aromatic rings. The fourth-order valence-electron chi connectivity index (χ4n) is 2.34. The van der Waals surface area contributed by atoms with E-state index in [9.17, 15) is 0 Å². The first kappa shape index (κ1) is 20.7. The molecule has 0 spiro atoms. The van der Waals surface area contributed by atoms with Gasteiger partial charge in [-0.05, 0) is 39.3 Å². The summed E-state index contributed by atoms with van der Waals surface area (Å²) in [5.41, 5.74) is 0. The van der Waals surface area contributed by atoms with Crippen molar-refractivity contribution >= 4 is 14.8 Å². The third-order valence-electron chi connectivity index (χ3n) is 3.42. The predicted octanol–water partition coefficient (Wildman–Crippen LogP) is -0.999. The van der Waals surface area contributed by atoms with Gasteiger partial charge in [-0.1, -0.05) is 41.5 Å². The first-order chi connectivity index (χ1) is 7.69. The Morgan fingerprint density at radius 2 is 0.706 bits per heavy atom. The van der Waals surface area contributed by atoms with Crippen molar-refractivity contribution in [2.45, 2.75) is 41.5 Å². The quantitative estimate of drug-likeness (QED) is 0.496. The molecule has 0 rings (SSSR count). The summed E-state index contributed by atoms with van der Waals surface area (Å²) >= 11 is -1.08. The molecule has 0 bridgehead atoms. The molecule has 0 aliphatic heterocycles. The molecule has 0 saturated heterocycles. The molecule has 0 aromatic heterocycles. The Balaban J connectivity index is 0. The van der Waals surface area contributed by atoms with Crippen LogP contribution in [0.4, 0.5) is 0 Å². The average Bonchev–Trinajstić information content (AvgIpc) is 2.33. The van der Waals surface area contributed by atoms with Crippen LogP contribution < -0.4 is 29.6 Å². The summed E-state index contributed by atoms with van der Waals surface area (Å²) < 4.78 is 8.04. The van der Waals surface area contributed by atoms with Crippen LogP contribution in [0.25, 0.3) is 0 Å². The molecule has 0 radical (unpaired) electrons. The minimum absolute atomic E-state index is 0. The maximum Gasteiger partial charge on any atom is 1.00 e. The van der Waals surface area contributed by atoms with E-state index < -0.39 is 14.8 Å². The molecule has 0 saturated carbocycles. The fourth-order valence-corrected chi connectivity index (χ4v) is 5.69. The van der Waals surface area contributed by atoms with E-state index in [2.05, 4.69) is 53.2 Å². The molecule has 17 heavy (non-hydrogen) atoms. The normalized spacial score (nSPS) is 11.1. The van der Waals surface area contributed by atoms with Gasteiger partial charge in [0.25, 0.3) is 0 Å². The summed E-state index contributed by atoms with van der Waals surface area (Å²) in [5, 5.41) is 0. The molecule has 96 valence electrons. The van der Waals surface area contributed by atoms with Gasteiger partial charge in [0.15, 0.2) is 0 Å². The van der Waals surface area contributed by atoms with E-state index in [1.807, 2.05) is 0 Å². The van der Waals surface area contributed by atoms with Gasteiger partial charge in [0.05, 0.1) is 0 Å². The number of hydrogen-bond donors (Lipinski definition) is 0. The van der Waals surface area contributed by atoms with Gasteiger partial charge in [-0.3, -0.25) is 0 Å². The van der Waals surface area contributed by atoms with Crippen molar-refractivity contribution < 1.29 is 29.6 Å². The minimum atomic E-state index is -1.08. The zero-order chi connectivity index (χ0) is 12.6. The summed E-state index contributed by atoms with van der Waals surface area (Å²) in [6.07, 6.45) is 0. The maximum absolute atomic E-state index is 2.68. The van der Waals surface area contributed by atoms with Crippen molar-refractivity contribution in [3.63, 3.8) is 0 Å². The second kappa shape index (κ2) is 12.4. The van der Waals surface area contributed by atoms with Gasteiger partial charge in [-0.25, -0.2) is 0 Å². The molecule has 0 fully saturated rings. The van der Waals surface area contributed by atoms with Crippen molar-refractivity contribution in [3.05, 3.63) is 0 Å². The van der Waals surface area contributed by atoms with E-state index in [-0.39, 0.29) is 29.6 Å². The minimum Gasteiger partial charge on any atom is -0.357 e. The van der Waals surface area contributed by atoms with Crippen molar-refractivity contribution in [1.82, 2.24) is 11.7 Å². The Morgan fingerprint density at radius 3 is 0.824 bits per heavy atom. The molecule has 0 N–H and O–H groups in total. The summed E-state index contributed by atoms with van der Waals surface area (Å²) in [6, 6.07) is 0. The second-order valence-corrected chi connectivity index (χ2v) is 6.89. The predicted molar refractivity (Wildman–Crippen MR) is 74.5 cm³/mol. The SMILES string of the molecule is CC[N](CC)[Al]([N](CC)CC)[N](CC)CC.[Na+]. The largest absolute Gasteiger partial charge is 1.00 e. The second-order valence-electron chi connectivity index (χ2n) is 4.01. The van der Waals surface area contributed by atoms with E-state index >= 15 is 0 Å². The van der Waals surface area contributed by atoms with Crippen LogP contribution in [0.2, 0.25) is 0 Å². The van der Waals surface area contributed by atoms with E-state index in [0.717, 1.165) is 0 Å². The summed E-state index contributed by atoms with van der Waals surface area (Å²) in [5.74, 6) is 0. The Bertz CT molecular complexity index is 131. The van der Waals surface area contributed by atoms with Gasteiger partial charge in [-0.15, -0.1) is 0 Å². The van der Waals surface area contributed by atoms with E-state index in [4.69, 9.17) is 0 Å². The Morgan fingerprint density at radius 1 is 0.529 bits per heavy atom. The van der Waals surface area contributed by atoms with Gasteiger partial charge in [-0.2, -0.15) is 0 Å². The smallest absolute Gasteiger partial charge is 0.357 e. The molecule has 3 nitrogen and oxygen atoms in total. The average molecular weight is 266 g/mol. The van der Waals surface area contributed by atoms with E-state index in [1.165, 1.54) is 39.3 Å². The first-order valence-electron chi connectivity index (χ1n) is 6.91. The van der Waals surface area contributed by atoms with Crippen LogP contribution in [0.5, 0.6) is 0 Å².